The molecule has 0 bridgehead atoms. The third-order valence-electron chi connectivity index (χ3n) is 2.64. The van der Waals surface area contributed by atoms with Crippen molar-refractivity contribution in [3.05, 3.63) is 29.6 Å². The van der Waals surface area contributed by atoms with E-state index >= 15 is 0 Å². The van der Waals surface area contributed by atoms with Crippen LogP contribution in [0.2, 0.25) is 0 Å². The first-order valence-electron chi connectivity index (χ1n) is 5.04. The average molecular weight is 206 g/mol. The van der Waals surface area contributed by atoms with E-state index in [1.54, 1.807) is 12.3 Å². The van der Waals surface area contributed by atoms with E-state index in [2.05, 4.69) is 16.9 Å². The minimum absolute atomic E-state index is 0.261. The first kappa shape index (κ1) is 10.1. The maximum Gasteiger partial charge on any atom is 0.337 e. The van der Waals surface area contributed by atoms with Gasteiger partial charge in [-0.1, -0.05) is 0 Å². The Labute approximate surface area is 88.6 Å². The Bertz CT molecular complexity index is 375. The third kappa shape index (κ3) is 2.53. The number of carbonyl (C=O) groups is 1. The Balaban J connectivity index is 2.07. The molecule has 1 saturated carbocycles. The summed E-state index contributed by atoms with van der Waals surface area (Å²) in [6.07, 6.45) is 5.61. The normalized spacial score (nSPS) is 15.6. The fraction of sp³-hybridized carbons (Fsp3) is 0.455. The van der Waals surface area contributed by atoms with E-state index in [4.69, 9.17) is 5.11 Å². The second-order valence-corrected chi connectivity index (χ2v) is 4.03. The highest BCUT2D eigenvalue weighted by Crippen LogP contribution is 2.26. The van der Waals surface area contributed by atoms with E-state index in [1.165, 1.54) is 19.0 Å². The maximum atomic E-state index is 10.7. The minimum Gasteiger partial charge on any atom is -0.478 e. The second-order valence-electron chi connectivity index (χ2n) is 4.03. The summed E-state index contributed by atoms with van der Waals surface area (Å²) in [6.45, 7) is 0.777. The van der Waals surface area contributed by atoms with Crippen LogP contribution in [0.3, 0.4) is 0 Å². The van der Waals surface area contributed by atoms with Crippen LogP contribution in [-0.4, -0.2) is 34.0 Å². The van der Waals surface area contributed by atoms with Gasteiger partial charge in [0.2, 0.25) is 0 Å². The number of nitrogens with zero attached hydrogens (tertiary/aromatic N) is 2. The summed E-state index contributed by atoms with van der Waals surface area (Å²) in [4.78, 5) is 16.9. The summed E-state index contributed by atoms with van der Waals surface area (Å²) in [5.74, 6) is -0.918. The number of aromatic carboxylic acids is 1. The summed E-state index contributed by atoms with van der Waals surface area (Å²) in [5.41, 5.74) is 1.22. The lowest BCUT2D eigenvalue weighted by atomic mass is 10.2. The predicted octanol–water partition coefficient (Wildman–Crippen LogP) is 1.37. The van der Waals surface area contributed by atoms with Crippen molar-refractivity contribution < 1.29 is 9.90 Å². The van der Waals surface area contributed by atoms with Gasteiger partial charge in [0.25, 0.3) is 0 Å². The zero-order valence-electron chi connectivity index (χ0n) is 8.68. The second kappa shape index (κ2) is 3.98. The predicted molar refractivity (Wildman–Crippen MR) is 55.7 cm³/mol. The number of hydrogen-bond acceptors (Lipinski definition) is 3. The smallest absolute Gasteiger partial charge is 0.337 e. The Kier molecular flexibility index (Phi) is 2.68. The molecule has 80 valence electrons. The Hall–Kier alpha value is -1.42. The van der Waals surface area contributed by atoms with Crippen molar-refractivity contribution in [2.75, 3.05) is 7.05 Å². The fourth-order valence-corrected chi connectivity index (χ4v) is 1.62. The minimum atomic E-state index is -0.918. The zero-order valence-corrected chi connectivity index (χ0v) is 8.68. The number of rotatable bonds is 4. The van der Waals surface area contributed by atoms with Gasteiger partial charge in [-0.25, -0.2) is 4.79 Å². The van der Waals surface area contributed by atoms with Gasteiger partial charge in [0.1, 0.15) is 0 Å². The Morgan fingerprint density at radius 3 is 2.93 bits per heavy atom. The number of pyridine rings is 1. The topological polar surface area (TPSA) is 53.4 Å². The van der Waals surface area contributed by atoms with Crippen molar-refractivity contribution in [1.29, 1.82) is 0 Å². The van der Waals surface area contributed by atoms with Crippen LogP contribution in [-0.2, 0) is 6.54 Å². The first-order valence-corrected chi connectivity index (χ1v) is 5.04. The van der Waals surface area contributed by atoms with Crippen molar-refractivity contribution in [3.63, 3.8) is 0 Å². The van der Waals surface area contributed by atoms with Gasteiger partial charge in [-0.3, -0.25) is 9.88 Å². The van der Waals surface area contributed by atoms with Crippen LogP contribution in [0.25, 0.3) is 0 Å². The van der Waals surface area contributed by atoms with Crippen LogP contribution < -0.4 is 0 Å². The zero-order chi connectivity index (χ0) is 10.8. The van der Waals surface area contributed by atoms with Crippen LogP contribution in [0, 0.1) is 0 Å². The Morgan fingerprint density at radius 2 is 2.33 bits per heavy atom. The molecule has 1 aromatic rings. The van der Waals surface area contributed by atoms with Gasteiger partial charge in [0.15, 0.2) is 0 Å². The first-order chi connectivity index (χ1) is 7.16. The fourth-order valence-electron chi connectivity index (χ4n) is 1.62. The molecule has 1 aliphatic rings. The van der Waals surface area contributed by atoms with Gasteiger partial charge in [-0.2, -0.15) is 0 Å². The molecule has 0 radical (unpaired) electrons. The highest BCUT2D eigenvalue weighted by atomic mass is 16.4. The van der Waals surface area contributed by atoms with E-state index in [-0.39, 0.29) is 5.56 Å². The lowest BCUT2D eigenvalue weighted by Crippen LogP contribution is -2.20. The maximum absolute atomic E-state index is 10.7. The summed E-state index contributed by atoms with van der Waals surface area (Å²) >= 11 is 0. The molecule has 1 N–H and O–H groups in total. The Morgan fingerprint density at radius 1 is 1.60 bits per heavy atom. The lowest BCUT2D eigenvalue weighted by molar-refractivity contribution is 0.0696. The van der Waals surface area contributed by atoms with Gasteiger partial charge in [0.05, 0.1) is 5.56 Å². The molecule has 15 heavy (non-hydrogen) atoms. The van der Waals surface area contributed by atoms with Crippen molar-refractivity contribution in [1.82, 2.24) is 9.88 Å². The molecular weight excluding hydrogens is 192 g/mol. The number of carboxylic acids is 1. The molecule has 1 aliphatic carbocycles. The van der Waals surface area contributed by atoms with Crippen LogP contribution in [0.4, 0.5) is 0 Å². The molecule has 0 atom stereocenters. The molecule has 2 rings (SSSR count). The number of carboxylic acid groups (broad SMARTS) is 1. The summed E-state index contributed by atoms with van der Waals surface area (Å²) < 4.78 is 0. The SMILES string of the molecule is CN(Cc1cncc(C(=O)O)c1)C1CC1. The van der Waals surface area contributed by atoms with Crippen LogP contribution in [0.15, 0.2) is 18.5 Å². The monoisotopic (exact) mass is 206 g/mol. The quantitative estimate of drug-likeness (QED) is 0.808. The van der Waals surface area contributed by atoms with Gasteiger partial charge in [-0.05, 0) is 31.5 Å². The molecule has 0 saturated heterocycles. The molecule has 0 amide bonds. The van der Waals surface area contributed by atoms with Crippen molar-refractivity contribution in [2.24, 2.45) is 0 Å². The van der Waals surface area contributed by atoms with Crippen molar-refractivity contribution in [2.45, 2.75) is 25.4 Å². The summed E-state index contributed by atoms with van der Waals surface area (Å²) in [6, 6.07) is 2.37. The number of aromatic nitrogens is 1. The molecule has 4 heteroatoms. The summed E-state index contributed by atoms with van der Waals surface area (Å²) in [5, 5.41) is 8.81. The molecule has 1 fully saturated rings. The van der Waals surface area contributed by atoms with Crippen molar-refractivity contribution in [3.8, 4) is 0 Å². The average Bonchev–Trinajstić information content (AvgIpc) is 3.01. The van der Waals surface area contributed by atoms with Crippen molar-refractivity contribution >= 4 is 5.97 Å². The highest BCUT2D eigenvalue weighted by Gasteiger charge is 2.25. The highest BCUT2D eigenvalue weighted by molar-refractivity contribution is 5.87. The van der Waals surface area contributed by atoms with Crippen LogP contribution >= 0.6 is 0 Å². The lowest BCUT2D eigenvalue weighted by Gasteiger charge is -2.15. The van der Waals surface area contributed by atoms with Gasteiger partial charge in [-0.15, -0.1) is 0 Å². The third-order valence-corrected chi connectivity index (χ3v) is 2.64. The molecule has 4 nitrogen and oxygen atoms in total. The van der Waals surface area contributed by atoms with Gasteiger partial charge >= 0.3 is 5.97 Å². The van der Waals surface area contributed by atoms with E-state index in [1.807, 2.05) is 0 Å². The van der Waals surface area contributed by atoms with E-state index < -0.39 is 5.97 Å². The summed E-state index contributed by atoms with van der Waals surface area (Å²) in [7, 11) is 2.06. The molecule has 1 heterocycles. The molecule has 0 aliphatic heterocycles. The van der Waals surface area contributed by atoms with Gasteiger partial charge in [0, 0.05) is 25.0 Å². The van der Waals surface area contributed by atoms with Gasteiger partial charge < -0.3 is 5.11 Å². The molecule has 0 spiro atoms. The van der Waals surface area contributed by atoms with E-state index in [0.29, 0.717) is 6.04 Å². The van der Waals surface area contributed by atoms with E-state index in [0.717, 1.165) is 12.1 Å². The number of hydrogen-bond donors (Lipinski definition) is 1. The van der Waals surface area contributed by atoms with Crippen LogP contribution in [0.5, 0.6) is 0 Å². The molecule has 0 unspecified atom stereocenters. The molecule has 0 aromatic carbocycles. The molecule has 1 aromatic heterocycles. The standard InChI is InChI=1S/C11H14N2O2/c1-13(10-2-3-10)7-8-4-9(11(14)15)6-12-5-8/h4-6,10H,2-3,7H2,1H3,(H,14,15). The largest absolute Gasteiger partial charge is 0.478 e. The van der Waals surface area contributed by atoms with E-state index in [9.17, 15) is 4.79 Å². The molecular formula is C11H14N2O2. The van der Waals surface area contributed by atoms with Crippen LogP contribution in [0.1, 0.15) is 28.8 Å².